The Labute approximate surface area is 139 Å². The molecular formula is C16H19N3O5. The van der Waals surface area contributed by atoms with Crippen molar-refractivity contribution in [2.75, 3.05) is 11.9 Å². The topological polar surface area (TPSA) is 119 Å². The number of aryl methyl sites for hydroxylation is 1. The minimum Gasteiger partial charge on any atom is -0.502 e. The zero-order valence-electron chi connectivity index (χ0n) is 13.4. The van der Waals surface area contributed by atoms with Gasteiger partial charge in [-0.2, -0.15) is 0 Å². The second kappa shape index (κ2) is 9.09. The van der Waals surface area contributed by atoms with Crippen LogP contribution in [0.5, 0.6) is 5.75 Å². The van der Waals surface area contributed by atoms with Gasteiger partial charge in [-0.05, 0) is 25.5 Å². The molecule has 0 amide bonds. The molecule has 2 aromatic rings. The molecule has 0 unspecified atom stereocenters. The molecule has 0 saturated carbocycles. The van der Waals surface area contributed by atoms with E-state index < -0.39 is 27.0 Å². The number of nitro benzene ring substituents is 2. The summed E-state index contributed by atoms with van der Waals surface area (Å²) in [5.74, 6) is -0.541. The van der Waals surface area contributed by atoms with Gasteiger partial charge < -0.3 is 10.4 Å². The van der Waals surface area contributed by atoms with Gasteiger partial charge in [-0.15, -0.1) is 0 Å². The molecule has 0 spiro atoms. The number of aromatic hydroxyl groups is 1. The highest BCUT2D eigenvalue weighted by Crippen LogP contribution is 2.33. The van der Waals surface area contributed by atoms with Crippen molar-refractivity contribution >= 4 is 17.1 Å². The molecule has 2 N–H and O–H groups in total. The molecule has 24 heavy (non-hydrogen) atoms. The van der Waals surface area contributed by atoms with Gasteiger partial charge in [0.25, 0.3) is 5.69 Å². The first-order chi connectivity index (χ1) is 11.4. The van der Waals surface area contributed by atoms with E-state index in [-0.39, 0.29) is 5.56 Å². The standard InChI is InChI=1S/C9H13N.C7H6N2O5/c1-2-8-10-9-6-4-3-5-7-9;1-4-2-5(8(11)12)3-6(7(4)10)9(13)14/h3-7,10H,2,8H2,1H3;2-3,10H,1H3. The van der Waals surface area contributed by atoms with Gasteiger partial charge in [-0.1, -0.05) is 25.1 Å². The van der Waals surface area contributed by atoms with Crippen LogP contribution >= 0.6 is 0 Å². The number of para-hydroxylation sites is 1. The highest BCUT2D eigenvalue weighted by atomic mass is 16.6. The third kappa shape index (κ3) is 5.56. The van der Waals surface area contributed by atoms with Crippen LogP contribution in [0, 0.1) is 27.2 Å². The molecule has 2 rings (SSSR count). The largest absolute Gasteiger partial charge is 0.502 e. The fraction of sp³-hybridized carbons (Fsp3) is 0.250. The van der Waals surface area contributed by atoms with Crippen LogP contribution in [-0.2, 0) is 0 Å². The summed E-state index contributed by atoms with van der Waals surface area (Å²) in [6.07, 6.45) is 1.18. The third-order valence-electron chi connectivity index (χ3n) is 3.03. The minimum absolute atomic E-state index is 0.103. The third-order valence-corrected chi connectivity index (χ3v) is 3.03. The van der Waals surface area contributed by atoms with Crippen LogP contribution in [0.15, 0.2) is 42.5 Å². The van der Waals surface area contributed by atoms with Crippen LogP contribution < -0.4 is 5.32 Å². The molecule has 0 atom stereocenters. The van der Waals surface area contributed by atoms with E-state index in [1.165, 1.54) is 19.0 Å². The Morgan fingerprint density at radius 2 is 1.71 bits per heavy atom. The number of phenolic OH excluding ortho intramolecular Hbond substituents is 1. The second-order valence-electron chi connectivity index (χ2n) is 4.94. The molecule has 128 valence electrons. The highest BCUT2D eigenvalue weighted by molar-refractivity contribution is 5.57. The maximum atomic E-state index is 10.4. The highest BCUT2D eigenvalue weighted by Gasteiger charge is 2.21. The lowest BCUT2D eigenvalue weighted by atomic mass is 10.1. The van der Waals surface area contributed by atoms with Gasteiger partial charge in [0.05, 0.1) is 15.9 Å². The summed E-state index contributed by atoms with van der Waals surface area (Å²) >= 11 is 0. The Morgan fingerprint density at radius 3 is 2.21 bits per heavy atom. The number of nitrogens with one attached hydrogen (secondary N) is 1. The number of nitro groups is 2. The lowest BCUT2D eigenvalue weighted by Crippen LogP contribution is -1.98. The smallest absolute Gasteiger partial charge is 0.317 e. The van der Waals surface area contributed by atoms with E-state index in [0.717, 1.165) is 18.7 Å². The Hall–Kier alpha value is -3.16. The van der Waals surface area contributed by atoms with Crippen LogP contribution in [0.2, 0.25) is 0 Å². The zero-order valence-corrected chi connectivity index (χ0v) is 13.4. The summed E-state index contributed by atoms with van der Waals surface area (Å²) in [7, 11) is 0. The van der Waals surface area contributed by atoms with Gasteiger partial charge in [-0.25, -0.2) is 0 Å². The number of hydrogen-bond donors (Lipinski definition) is 2. The molecule has 0 bridgehead atoms. The average Bonchev–Trinajstić information content (AvgIpc) is 2.56. The number of rotatable bonds is 5. The van der Waals surface area contributed by atoms with Crippen LogP contribution in [0.1, 0.15) is 18.9 Å². The van der Waals surface area contributed by atoms with Gasteiger partial charge in [0.15, 0.2) is 5.75 Å². The lowest BCUT2D eigenvalue weighted by Gasteiger charge is -2.01. The van der Waals surface area contributed by atoms with Crippen LogP contribution in [0.3, 0.4) is 0 Å². The van der Waals surface area contributed by atoms with Crippen LogP contribution in [0.4, 0.5) is 17.1 Å². The van der Waals surface area contributed by atoms with Crippen molar-refractivity contribution in [2.45, 2.75) is 20.3 Å². The predicted molar refractivity (Wildman–Crippen MR) is 91.4 cm³/mol. The average molecular weight is 333 g/mol. The van der Waals surface area contributed by atoms with Crippen LogP contribution in [-0.4, -0.2) is 21.5 Å². The molecule has 0 aliphatic carbocycles. The molecule has 8 nitrogen and oxygen atoms in total. The summed E-state index contributed by atoms with van der Waals surface area (Å²) in [6.45, 7) is 4.58. The van der Waals surface area contributed by atoms with E-state index in [0.29, 0.717) is 0 Å². The predicted octanol–water partition coefficient (Wildman–Crippen LogP) is 4.03. The van der Waals surface area contributed by atoms with E-state index in [2.05, 4.69) is 24.4 Å². The maximum Gasteiger partial charge on any atom is 0.317 e. The molecule has 0 aliphatic rings. The molecule has 0 fully saturated rings. The first kappa shape index (κ1) is 18.9. The maximum absolute atomic E-state index is 10.4. The molecule has 0 radical (unpaired) electrons. The summed E-state index contributed by atoms with van der Waals surface area (Å²) in [6, 6.07) is 12.1. The molecule has 0 saturated heterocycles. The SMILES string of the molecule is CCCNc1ccccc1.Cc1cc([N+](=O)[O-])cc([N+](=O)[O-])c1O. The van der Waals surface area contributed by atoms with Crippen molar-refractivity contribution < 1.29 is 15.0 Å². The Bertz CT molecular complexity index is 704. The van der Waals surface area contributed by atoms with E-state index >= 15 is 0 Å². The fourth-order valence-electron chi connectivity index (χ4n) is 1.81. The molecule has 0 aromatic heterocycles. The normalized spacial score (nSPS) is 9.58. The van der Waals surface area contributed by atoms with Crippen molar-refractivity contribution in [1.82, 2.24) is 0 Å². The van der Waals surface area contributed by atoms with Gasteiger partial charge in [0.1, 0.15) is 0 Å². The fourth-order valence-corrected chi connectivity index (χ4v) is 1.81. The Kier molecular flexibility index (Phi) is 7.15. The number of benzene rings is 2. The van der Waals surface area contributed by atoms with Crippen molar-refractivity contribution in [3.63, 3.8) is 0 Å². The monoisotopic (exact) mass is 333 g/mol. The summed E-state index contributed by atoms with van der Waals surface area (Å²) < 4.78 is 0. The minimum atomic E-state index is -0.866. The van der Waals surface area contributed by atoms with Crippen molar-refractivity contribution in [3.8, 4) is 5.75 Å². The number of non-ortho nitro benzene ring substituents is 1. The lowest BCUT2D eigenvalue weighted by molar-refractivity contribution is -0.394. The number of hydrogen-bond acceptors (Lipinski definition) is 6. The first-order valence-electron chi connectivity index (χ1n) is 7.28. The van der Waals surface area contributed by atoms with Crippen molar-refractivity contribution in [3.05, 3.63) is 68.3 Å². The van der Waals surface area contributed by atoms with Gasteiger partial charge in [-0.3, -0.25) is 20.2 Å². The van der Waals surface area contributed by atoms with Gasteiger partial charge >= 0.3 is 5.69 Å². The zero-order chi connectivity index (χ0) is 18.1. The van der Waals surface area contributed by atoms with Crippen LogP contribution in [0.25, 0.3) is 0 Å². The molecular weight excluding hydrogens is 314 g/mol. The van der Waals surface area contributed by atoms with E-state index in [9.17, 15) is 25.3 Å². The summed E-state index contributed by atoms with van der Waals surface area (Å²) in [5, 5.41) is 33.2. The Balaban J connectivity index is 0.000000254. The molecule has 2 aromatic carbocycles. The number of anilines is 1. The van der Waals surface area contributed by atoms with Gasteiger partial charge in [0, 0.05) is 23.9 Å². The van der Waals surface area contributed by atoms with Crippen molar-refractivity contribution in [1.29, 1.82) is 0 Å². The van der Waals surface area contributed by atoms with E-state index in [1.54, 1.807) is 0 Å². The number of nitrogens with zero attached hydrogens (tertiary/aromatic N) is 2. The van der Waals surface area contributed by atoms with E-state index in [4.69, 9.17) is 0 Å². The molecule has 0 aliphatic heterocycles. The van der Waals surface area contributed by atoms with Gasteiger partial charge in [0.2, 0.25) is 0 Å². The summed E-state index contributed by atoms with van der Waals surface area (Å²) in [4.78, 5) is 19.1. The molecule has 8 heteroatoms. The van der Waals surface area contributed by atoms with E-state index in [1.807, 2.05) is 18.2 Å². The Morgan fingerprint density at radius 1 is 1.08 bits per heavy atom. The first-order valence-corrected chi connectivity index (χ1v) is 7.28. The molecule has 0 heterocycles. The summed E-state index contributed by atoms with van der Waals surface area (Å²) in [5.41, 5.74) is 0.249. The number of phenols is 1. The van der Waals surface area contributed by atoms with Crippen molar-refractivity contribution in [2.24, 2.45) is 0 Å². The second-order valence-corrected chi connectivity index (χ2v) is 4.94. The quantitative estimate of drug-likeness (QED) is 0.630.